The van der Waals surface area contributed by atoms with Crippen molar-refractivity contribution < 1.29 is 13.2 Å². The maximum Gasteiger partial charge on any atom is 0.259 e. The van der Waals surface area contributed by atoms with Gasteiger partial charge in [0.2, 0.25) is 10.0 Å². The minimum Gasteiger partial charge on any atom is -0.321 e. The molecule has 1 amide bonds. The van der Waals surface area contributed by atoms with Gasteiger partial charge in [-0.3, -0.25) is 9.48 Å². The molecule has 0 spiro atoms. The lowest BCUT2D eigenvalue weighted by Gasteiger charge is -2.09. The molecule has 0 atom stereocenters. The van der Waals surface area contributed by atoms with E-state index in [0.29, 0.717) is 17.7 Å². The molecular weight excluding hydrogens is 292 g/mol. The molecule has 0 aliphatic heterocycles. The van der Waals surface area contributed by atoms with Crippen LogP contribution in [-0.4, -0.2) is 24.1 Å². The summed E-state index contributed by atoms with van der Waals surface area (Å²) in [6.45, 7) is 1.89. The number of sulfonamides is 1. The Morgan fingerprint density at radius 2 is 2.05 bits per heavy atom. The number of hydrogen-bond acceptors (Lipinski definition) is 4. The fourth-order valence-electron chi connectivity index (χ4n) is 1.99. The van der Waals surface area contributed by atoms with Crippen LogP contribution in [0.15, 0.2) is 35.4 Å². The van der Waals surface area contributed by atoms with E-state index in [9.17, 15) is 13.2 Å². The highest BCUT2D eigenvalue weighted by atomic mass is 32.2. The molecular formula is C13H16N4O3S. The van der Waals surface area contributed by atoms with E-state index >= 15 is 0 Å². The van der Waals surface area contributed by atoms with Crippen molar-refractivity contribution in [1.29, 1.82) is 0 Å². The number of nitrogens with two attached hydrogens (primary N) is 1. The van der Waals surface area contributed by atoms with Crippen LogP contribution in [0.4, 0.5) is 5.69 Å². The van der Waals surface area contributed by atoms with Crippen molar-refractivity contribution in [3.8, 4) is 0 Å². The third kappa shape index (κ3) is 3.29. The molecule has 8 heteroatoms. The molecule has 0 fully saturated rings. The lowest BCUT2D eigenvalue weighted by molar-refractivity contribution is 0.102. The SMILES string of the molecule is CCc1nn(C)cc1C(=O)Nc1ccccc1S(N)(=O)=O. The molecule has 0 aliphatic carbocycles. The number of aromatic nitrogens is 2. The molecule has 2 rings (SSSR count). The number of benzene rings is 1. The summed E-state index contributed by atoms with van der Waals surface area (Å²) >= 11 is 0. The second-order valence-corrected chi connectivity index (χ2v) is 6.04. The Hall–Kier alpha value is -2.19. The van der Waals surface area contributed by atoms with Crippen LogP contribution in [0.2, 0.25) is 0 Å². The fraction of sp³-hybridized carbons (Fsp3) is 0.231. The van der Waals surface area contributed by atoms with Crippen molar-refractivity contribution >= 4 is 21.6 Å². The van der Waals surface area contributed by atoms with Gasteiger partial charge in [0, 0.05) is 13.2 Å². The maximum absolute atomic E-state index is 12.3. The lowest BCUT2D eigenvalue weighted by atomic mass is 10.2. The molecule has 3 N–H and O–H groups in total. The van der Waals surface area contributed by atoms with Gasteiger partial charge in [-0.05, 0) is 18.6 Å². The predicted octanol–water partition coefficient (Wildman–Crippen LogP) is 0.882. The highest BCUT2D eigenvalue weighted by molar-refractivity contribution is 7.89. The van der Waals surface area contributed by atoms with Crippen LogP contribution in [0.3, 0.4) is 0 Å². The summed E-state index contributed by atoms with van der Waals surface area (Å²) in [5, 5.41) is 11.9. The predicted molar refractivity (Wildman–Crippen MR) is 78.4 cm³/mol. The topological polar surface area (TPSA) is 107 Å². The zero-order chi connectivity index (χ0) is 15.6. The van der Waals surface area contributed by atoms with Crippen molar-refractivity contribution in [3.63, 3.8) is 0 Å². The summed E-state index contributed by atoms with van der Waals surface area (Å²) in [4.78, 5) is 12.2. The first-order chi connectivity index (χ1) is 9.82. The Balaban J connectivity index is 2.37. The third-order valence-electron chi connectivity index (χ3n) is 2.93. The maximum atomic E-state index is 12.3. The van der Waals surface area contributed by atoms with Gasteiger partial charge in [0.25, 0.3) is 5.91 Å². The molecule has 1 aromatic carbocycles. The van der Waals surface area contributed by atoms with E-state index in [-0.39, 0.29) is 10.6 Å². The summed E-state index contributed by atoms with van der Waals surface area (Å²) in [6, 6.07) is 5.99. The van der Waals surface area contributed by atoms with Gasteiger partial charge < -0.3 is 5.32 Å². The molecule has 0 saturated heterocycles. The van der Waals surface area contributed by atoms with E-state index in [1.54, 1.807) is 24.0 Å². The second-order valence-electron chi connectivity index (χ2n) is 4.51. The lowest BCUT2D eigenvalue weighted by Crippen LogP contribution is -2.18. The zero-order valence-corrected chi connectivity index (χ0v) is 12.5. The molecule has 21 heavy (non-hydrogen) atoms. The van der Waals surface area contributed by atoms with Crippen LogP contribution in [0, 0.1) is 0 Å². The highest BCUT2D eigenvalue weighted by Gasteiger charge is 2.18. The number of carbonyl (C=O) groups excluding carboxylic acids is 1. The van der Waals surface area contributed by atoms with E-state index in [1.807, 2.05) is 6.92 Å². The van der Waals surface area contributed by atoms with Crippen LogP contribution >= 0.6 is 0 Å². The van der Waals surface area contributed by atoms with Crippen LogP contribution in [0.1, 0.15) is 23.0 Å². The van der Waals surface area contributed by atoms with Gasteiger partial charge >= 0.3 is 0 Å². The third-order valence-corrected chi connectivity index (χ3v) is 3.90. The minimum atomic E-state index is -3.91. The first-order valence-electron chi connectivity index (χ1n) is 6.28. The number of anilines is 1. The molecule has 0 unspecified atom stereocenters. The van der Waals surface area contributed by atoms with Gasteiger partial charge in [0.15, 0.2) is 0 Å². The normalized spacial score (nSPS) is 11.4. The van der Waals surface area contributed by atoms with E-state index in [4.69, 9.17) is 5.14 Å². The number of para-hydroxylation sites is 1. The zero-order valence-electron chi connectivity index (χ0n) is 11.7. The fourth-order valence-corrected chi connectivity index (χ4v) is 2.69. The van der Waals surface area contributed by atoms with Crippen LogP contribution in [-0.2, 0) is 23.5 Å². The van der Waals surface area contributed by atoms with Gasteiger partial charge in [-0.25, -0.2) is 13.6 Å². The average Bonchev–Trinajstić information content (AvgIpc) is 2.79. The summed E-state index contributed by atoms with van der Waals surface area (Å²) in [7, 11) is -2.19. The van der Waals surface area contributed by atoms with E-state index < -0.39 is 15.9 Å². The molecule has 0 radical (unpaired) electrons. The Labute approximate surface area is 122 Å². The van der Waals surface area contributed by atoms with E-state index in [2.05, 4.69) is 10.4 Å². The highest BCUT2D eigenvalue weighted by Crippen LogP contribution is 2.20. The molecule has 0 aliphatic rings. The van der Waals surface area contributed by atoms with Crippen molar-refractivity contribution in [2.24, 2.45) is 12.2 Å². The monoisotopic (exact) mass is 308 g/mol. The molecule has 2 aromatic rings. The van der Waals surface area contributed by atoms with Crippen molar-refractivity contribution in [2.45, 2.75) is 18.2 Å². The number of nitrogens with zero attached hydrogens (tertiary/aromatic N) is 2. The molecule has 7 nitrogen and oxygen atoms in total. The van der Waals surface area contributed by atoms with Crippen molar-refractivity contribution in [3.05, 3.63) is 41.7 Å². The van der Waals surface area contributed by atoms with Crippen molar-refractivity contribution in [1.82, 2.24) is 9.78 Å². The second kappa shape index (κ2) is 5.66. The summed E-state index contributed by atoms with van der Waals surface area (Å²) in [5.74, 6) is -0.420. The average molecular weight is 308 g/mol. The Morgan fingerprint density at radius 1 is 1.38 bits per heavy atom. The smallest absolute Gasteiger partial charge is 0.259 e. The van der Waals surface area contributed by atoms with Crippen LogP contribution in [0.25, 0.3) is 0 Å². The quantitative estimate of drug-likeness (QED) is 0.874. The summed E-state index contributed by atoms with van der Waals surface area (Å²) in [6.07, 6.45) is 2.19. The molecule has 0 saturated carbocycles. The van der Waals surface area contributed by atoms with Crippen LogP contribution in [0.5, 0.6) is 0 Å². The number of primary sulfonamides is 1. The van der Waals surface area contributed by atoms with E-state index in [0.717, 1.165) is 0 Å². The molecule has 1 heterocycles. The van der Waals surface area contributed by atoms with Gasteiger partial charge in [0.05, 0.1) is 16.9 Å². The van der Waals surface area contributed by atoms with Gasteiger partial charge in [-0.2, -0.15) is 5.10 Å². The molecule has 0 bridgehead atoms. The van der Waals surface area contributed by atoms with Crippen LogP contribution < -0.4 is 10.5 Å². The summed E-state index contributed by atoms with van der Waals surface area (Å²) < 4.78 is 24.6. The number of carbonyl (C=O) groups is 1. The standard InChI is InChI=1S/C13H16N4O3S/c1-3-10-9(8-17(2)16-10)13(18)15-11-6-4-5-7-12(11)21(14,19)20/h4-8H,3H2,1-2H3,(H,15,18)(H2,14,19,20). The Kier molecular flexibility index (Phi) is 4.10. The number of nitrogens with one attached hydrogen (secondary N) is 1. The summed E-state index contributed by atoms with van der Waals surface area (Å²) in [5.41, 5.74) is 1.20. The first kappa shape index (κ1) is 15.2. The van der Waals surface area contributed by atoms with Gasteiger partial charge in [-0.1, -0.05) is 19.1 Å². The Morgan fingerprint density at radius 3 is 2.67 bits per heavy atom. The molecule has 112 valence electrons. The first-order valence-corrected chi connectivity index (χ1v) is 7.83. The van der Waals surface area contributed by atoms with Gasteiger partial charge in [-0.15, -0.1) is 0 Å². The number of amides is 1. The molecule has 1 aromatic heterocycles. The Bertz CT molecular complexity index is 780. The van der Waals surface area contributed by atoms with E-state index in [1.165, 1.54) is 18.2 Å². The minimum absolute atomic E-state index is 0.125. The van der Waals surface area contributed by atoms with Crippen molar-refractivity contribution in [2.75, 3.05) is 5.32 Å². The van der Waals surface area contributed by atoms with Gasteiger partial charge in [0.1, 0.15) is 4.90 Å². The number of rotatable bonds is 4. The largest absolute Gasteiger partial charge is 0.321 e. The number of hydrogen-bond donors (Lipinski definition) is 2. The number of aryl methyl sites for hydroxylation is 2.